The highest BCUT2D eigenvalue weighted by Crippen LogP contribution is 2.28. The Balaban J connectivity index is 1.61. The van der Waals surface area contributed by atoms with Gasteiger partial charge in [0, 0.05) is 37.6 Å². The van der Waals surface area contributed by atoms with E-state index in [4.69, 9.17) is 4.74 Å². The number of methoxy groups -OCH3 is 1. The lowest BCUT2D eigenvalue weighted by Gasteiger charge is -2.36. The first-order chi connectivity index (χ1) is 11.6. The lowest BCUT2D eigenvalue weighted by atomic mass is 10.2. The van der Waals surface area contributed by atoms with Crippen molar-refractivity contribution in [1.29, 1.82) is 0 Å². The average molecular weight is 327 g/mol. The number of hydrogen-bond donors (Lipinski definition) is 0. The first-order valence-corrected chi connectivity index (χ1v) is 8.38. The SMILES string of the molecule is COc1ccccc1N1CCN(C(=O)Cn2c(C)ccc2C)CC1. The van der Waals surface area contributed by atoms with E-state index in [-0.39, 0.29) is 5.91 Å². The van der Waals surface area contributed by atoms with Gasteiger partial charge in [0.2, 0.25) is 5.91 Å². The van der Waals surface area contributed by atoms with Crippen molar-refractivity contribution in [1.82, 2.24) is 9.47 Å². The number of nitrogens with zero attached hydrogens (tertiary/aromatic N) is 3. The van der Waals surface area contributed by atoms with Gasteiger partial charge in [0.1, 0.15) is 12.3 Å². The van der Waals surface area contributed by atoms with Crippen molar-refractivity contribution in [2.75, 3.05) is 38.2 Å². The summed E-state index contributed by atoms with van der Waals surface area (Å²) < 4.78 is 7.52. The maximum atomic E-state index is 12.6. The van der Waals surface area contributed by atoms with Gasteiger partial charge in [-0.1, -0.05) is 12.1 Å². The van der Waals surface area contributed by atoms with Crippen LogP contribution in [0.4, 0.5) is 5.69 Å². The Morgan fingerprint density at radius 3 is 2.25 bits per heavy atom. The highest BCUT2D eigenvalue weighted by molar-refractivity contribution is 5.76. The largest absolute Gasteiger partial charge is 0.495 e. The highest BCUT2D eigenvalue weighted by atomic mass is 16.5. The number of piperazine rings is 1. The third-order valence-electron chi connectivity index (χ3n) is 4.77. The molecule has 0 bridgehead atoms. The monoisotopic (exact) mass is 327 g/mol. The molecule has 1 aliphatic rings. The number of anilines is 1. The lowest BCUT2D eigenvalue weighted by Crippen LogP contribution is -2.49. The summed E-state index contributed by atoms with van der Waals surface area (Å²) >= 11 is 0. The van der Waals surface area contributed by atoms with Gasteiger partial charge in [-0.05, 0) is 38.1 Å². The van der Waals surface area contributed by atoms with Gasteiger partial charge in [0.05, 0.1) is 12.8 Å². The minimum absolute atomic E-state index is 0.192. The first-order valence-electron chi connectivity index (χ1n) is 8.38. The third kappa shape index (κ3) is 3.25. The molecule has 5 nitrogen and oxygen atoms in total. The summed E-state index contributed by atoms with van der Waals surface area (Å²) in [5.41, 5.74) is 3.37. The van der Waals surface area contributed by atoms with E-state index in [0.717, 1.165) is 49.0 Å². The summed E-state index contributed by atoms with van der Waals surface area (Å²) in [6, 6.07) is 12.2. The predicted molar refractivity (Wildman–Crippen MR) is 95.7 cm³/mol. The Labute approximate surface area is 143 Å². The smallest absolute Gasteiger partial charge is 0.242 e. The number of hydrogen-bond acceptors (Lipinski definition) is 3. The van der Waals surface area contributed by atoms with Gasteiger partial charge < -0.3 is 19.1 Å². The average Bonchev–Trinajstić information content (AvgIpc) is 2.93. The summed E-state index contributed by atoms with van der Waals surface area (Å²) in [4.78, 5) is 16.8. The van der Waals surface area contributed by atoms with Gasteiger partial charge in [0.15, 0.2) is 0 Å². The number of carbonyl (C=O) groups is 1. The van der Waals surface area contributed by atoms with E-state index in [1.165, 1.54) is 0 Å². The second kappa shape index (κ2) is 6.99. The zero-order chi connectivity index (χ0) is 17.1. The highest BCUT2D eigenvalue weighted by Gasteiger charge is 2.23. The molecule has 0 saturated carbocycles. The van der Waals surface area contributed by atoms with E-state index in [1.807, 2.05) is 36.9 Å². The molecule has 1 fully saturated rings. The van der Waals surface area contributed by atoms with Crippen molar-refractivity contribution in [3.8, 4) is 5.75 Å². The molecule has 0 spiro atoms. The van der Waals surface area contributed by atoms with Gasteiger partial charge in [-0.3, -0.25) is 4.79 Å². The molecule has 1 amide bonds. The summed E-state index contributed by atoms with van der Waals surface area (Å²) in [7, 11) is 1.69. The number of aromatic nitrogens is 1. The quantitative estimate of drug-likeness (QED) is 0.866. The van der Waals surface area contributed by atoms with Crippen LogP contribution in [0.15, 0.2) is 36.4 Å². The number of para-hydroxylation sites is 2. The van der Waals surface area contributed by atoms with Crippen molar-refractivity contribution in [2.45, 2.75) is 20.4 Å². The first kappa shape index (κ1) is 16.4. The molecule has 2 heterocycles. The van der Waals surface area contributed by atoms with E-state index in [2.05, 4.69) is 27.7 Å². The minimum Gasteiger partial charge on any atom is -0.495 e. The molecule has 1 aromatic carbocycles. The second-order valence-corrected chi connectivity index (χ2v) is 6.24. The van der Waals surface area contributed by atoms with Crippen LogP contribution >= 0.6 is 0 Å². The molecular formula is C19H25N3O2. The fourth-order valence-corrected chi connectivity index (χ4v) is 3.27. The second-order valence-electron chi connectivity index (χ2n) is 6.24. The normalized spacial score (nSPS) is 14.8. The summed E-state index contributed by atoms with van der Waals surface area (Å²) in [5, 5.41) is 0. The number of aryl methyl sites for hydroxylation is 2. The van der Waals surface area contributed by atoms with Gasteiger partial charge in [-0.25, -0.2) is 0 Å². The van der Waals surface area contributed by atoms with Crippen molar-refractivity contribution in [2.24, 2.45) is 0 Å². The number of carbonyl (C=O) groups excluding carboxylic acids is 1. The molecule has 0 N–H and O–H groups in total. The minimum atomic E-state index is 0.192. The molecule has 1 aliphatic heterocycles. The van der Waals surface area contributed by atoms with E-state index in [9.17, 15) is 4.79 Å². The Kier molecular flexibility index (Phi) is 4.79. The summed E-state index contributed by atoms with van der Waals surface area (Å²) in [6.45, 7) is 7.66. The molecule has 1 saturated heterocycles. The van der Waals surface area contributed by atoms with Crippen LogP contribution in [0.25, 0.3) is 0 Å². The van der Waals surface area contributed by atoms with E-state index < -0.39 is 0 Å². The zero-order valence-electron chi connectivity index (χ0n) is 14.7. The van der Waals surface area contributed by atoms with Crippen molar-refractivity contribution < 1.29 is 9.53 Å². The van der Waals surface area contributed by atoms with Crippen LogP contribution in [0, 0.1) is 13.8 Å². The summed E-state index contributed by atoms with van der Waals surface area (Å²) in [5.74, 6) is 1.08. The van der Waals surface area contributed by atoms with Gasteiger partial charge >= 0.3 is 0 Å². The molecule has 0 unspecified atom stereocenters. The molecule has 24 heavy (non-hydrogen) atoms. The van der Waals surface area contributed by atoms with Crippen LogP contribution in [-0.2, 0) is 11.3 Å². The lowest BCUT2D eigenvalue weighted by molar-refractivity contribution is -0.132. The standard InChI is InChI=1S/C19H25N3O2/c1-15-8-9-16(2)22(15)14-19(23)21-12-10-20(11-13-21)17-6-4-5-7-18(17)24-3/h4-9H,10-14H2,1-3H3. The third-order valence-corrected chi connectivity index (χ3v) is 4.77. The topological polar surface area (TPSA) is 37.7 Å². The van der Waals surface area contributed by atoms with Crippen LogP contribution < -0.4 is 9.64 Å². The van der Waals surface area contributed by atoms with Gasteiger partial charge in [-0.2, -0.15) is 0 Å². The fraction of sp³-hybridized carbons (Fsp3) is 0.421. The number of benzene rings is 1. The zero-order valence-corrected chi connectivity index (χ0v) is 14.7. The van der Waals surface area contributed by atoms with Crippen LogP contribution in [0.3, 0.4) is 0 Å². The Morgan fingerprint density at radius 1 is 1.00 bits per heavy atom. The molecule has 0 radical (unpaired) electrons. The Hall–Kier alpha value is -2.43. The molecule has 5 heteroatoms. The molecular weight excluding hydrogens is 302 g/mol. The van der Waals surface area contributed by atoms with Crippen LogP contribution in [-0.4, -0.2) is 48.7 Å². The molecule has 128 valence electrons. The number of ether oxygens (including phenoxy) is 1. The Morgan fingerprint density at radius 2 is 1.62 bits per heavy atom. The number of rotatable bonds is 4. The molecule has 0 aliphatic carbocycles. The molecule has 0 atom stereocenters. The molecule has 2 aromatic rings. The fourth-order valence-electron chi connectivity index (χ4n) is 3.27. The molecule has 1 aromatic heterocycles. The van der Waals surface area contributed by atoms with Crippen molar-refractivity contribution in [3.63, 3.8) is 0 Å². The van der Waals surface area contributed by atoms with Crippen molar-refractivity contribution >= 4 is 11.6 Å². The van der Waals surface area contributed by atoms with E-state index in [0.29, 0.717) is 6.54 Å². The van der Waals surface area contributed by atoms with E-state index >= 15 is 0 Å². The maximum Gasteiger partial charge on any atom is 0.242 e. The Bertz CT molecular complexity index is 696. The van der Waals surface area contributed by atoms with Crippen LogP contribution in [0.5, 0.6) is 5.75 Å². The maximum absolute atomic E-state index is 12.6. The summed E-state index contributed by atoms with van der Waals surface area (Å²) in [6.07, 6.45) is 0. The van der Waals surface area contributed by atoms with Gasteiger partial charge in [0.25, 0.3) is 0 Å². The van der Waals surface area contributed by atoms with Crippen LogP contribution in [0.1, 0.15) is 11.4 Å². The van der Waals surface area contributed by atoms with Crippen LogP contribution in [0.2, 0.25) is 0 Å². The molecule has 3 rings (SSSR count). The van der Waals surface area contributed by atoms with E-state index in [1.54, 1.807) is 7.11 Å². The van der Waals surface area contributed by atoms with Crippen molar-refractivity contribution in [3.05, 3.63) is 47.8 Å². The van der Waals surface area contributed by atoms with Gasteiger partial charge in [-0.15, -0.1) is 0 Å². The predicted octanol–water partition coefficient (Wildman–Crippen LogP) is 2.46. The number of amides is 1.